The summed E-state index contributed by atoms with van der Waals surface area (Å²) in [5.74, 6) is 0.884. The summed E-state index contributed by atoms with van der Waals surface area (Å²) in [6.45, 7) is 2.64. The van der Waals surface area contributed by atoms with Crippen molar-refractivity contribution in [1.82, 2.24) is 19.1 Å². The molecule has 0 saturated heterocycles. The first-order valence-electron chi connectivity index (χ1n) is 10.9. The van der Waals surface area contributed by atoms with Gasteiger partial charge in [-0.1, -0.05) is 28.1 Å². The Morgan fingerprint density at radius 2 is 1.94 bits per heavy atom. The number of benzene rings is 2. The fraction of sp³-hybridized carbons (Fsp3) is 0.280. The van der Waals surface area contributed by atoms with Gasteiger partial charge >= 0.3 is 6.18 Å². The van der Waals surface area contributed by atoms with Gasteiger partial charge in [-0.3, -0.25) is 0 Å². The molecule has 0 unspecified atom stereocenters. The second-order valence-electron chi connectivity index (χ2n) is 8.41. The molecule has 34 heavy (non-hydrogen) atoms. The van der Waals surface area contributed by atoms with Gasteiger partial charge in [0, 0.05) is 34.9 Å². The standard InChI is InChI=1S/C25H22BrF3N4O/c1-15-12-33(14-30-15)22-8-5-16(10-23(22)34-2)21-13-32-9-3-4-19(24(32)31-21)18-7-6-17(26)11-20(18)25(27,28)29/h5-8,10-14,19H,3-4,9H2,1-2H3/t19-/m1/s1. The molecule has 0 N–H and O–H groups in total. The second-order valence-corrected chi connectivity index (χ2v) is 9.33. The van der Waals surface area contributed by atoms with Gasteiger partial charge in [0.1, 0.15) is 11.6 Å². The van der Waals surface area contributed by atoms with Crippen LogP contribution in [0.5, 0.6) is 5.75 Å². The minimum absolute atomic E-state index is 0.261. The van der Waals surface area contributed by atoms with Crippen molar-refractivity contribution >= 4 is 15.9 Å². The van der Waals surface area contributed by atoms with E-state index in [0.717, 1.165) is 36.0 Å². The first-order valence-corrected chi connectivity index (χ1v) is 11.7. The number of hydrogen-bond acceptors (Lipinski definition) is 3. The van der Waals surface area contributed by atoms with Crippen LogP contribution in [0.4, 0.5) is 13.2 Å². The van der Waals surface area contributed by atoms with E-state index in [9.17, 15) is 13.2 Å². The van der Waals surface area contributed by atoms with Gasteiger partial charge in [0.25, 0.3) is 0 Å². The maximum Gasteiger partial charge on any atom is 0.416 e. The number of rotatable bonds is 4. The van der Waals surface area contributed by atoms with E-state index >= 15 is 0 Å². The van der Waals surface area contributed by atoms with E-state index in [2.05, 4.69) is 20.9 Å². The van der Waals surface area contributed by atoms with E-state index in [4.69, 9.17) is 9.72 Å². The van der Waals surface area contributed by atoms with Crippen LogP contribution in [0, 0.1) is 6.92 Å². The molecule has 176 valence electrons. The van der Waals surface area contributed by atoms with Crippen molar-refractivity contribution in [2.75, 3.05) is 7.11 Å². The molecule has 0 spiro atoms. The van der Waals surface area contributed by atoms with E-state index < -0.39 is 17.7 Å². The van der Waals surface area contributed by atoms with Crippen molar-refractivity contribution in [2.24, 2.45) is 0 Å². The molecular formula is C25H22BrF3N4O. The average molecular weight is 531 g/mol. The van der Waals surface area contributed by atoms with E-state index in [1.54, 1.807) is 25.6 Å². The van der Waals surface area contributed by atoms with Crippen molar-refractivity contribution in [2.45, 2.75) is 38.4 Å². The molecular weight excluding hydrogens is 509 g/mol. The summed E-state index contributed by atoms with van der Waals surface area (Å²) in [6, 6.07) is 10.1. The van der Waals surface area contributed by atoms with Crippen LogP contribution in [0.15, 0.2) is 59.6 Å². The van der Waals surface area contributed by atoms with Crippen molar-refractivity contribution < 1.29 is 17.9 Å². The smallest absolute Gasteiger partial charge is 0.416 e. The van der Waals surface area contributed by atoms with E-state index in [1.165, 1.54) is 0 Å². The molecule has 9 heteroatoms. The Morgan fingerprint density at radius 1 is 1.12 bits per heavy atom. The van der Waals surface area contributed by atoms with Crippen molar-refractivity contribution in [3.05, 3.63) is 82.2 Å². The number of aryl methyl sites for hydroxylation is 2. The summed E-state index contributed by atoms with van der Waals surface area (Å²) in [4.78, 5) is 9.08. The summed E-state index contributed by atoms with van der Waals surface area (Å²) in [5.41, 5.74) is 2.93. The molecule has 1 aliphatic rings. The molecule has 0 bridgehead atoms. The number of halogens is 4. The van der Waals surface area contributed by atoms with Crippen LogP contribution in [-0.4, -0.2) is 26.2 Å². The summed E-state index contributed by atoms with van der Waals surface area (Å²) in [7, 11) is 1.60. The van der Waals surface area contributed by atoms with Crippen molar-refractivity contribution in [3.63, 3.8) is 0 Å². The fourth-order valence-electron chi connectivity index (χ4n) is 4.60. The Balaban J connectivity index is 1.55. The number of alkyl halides is 3. The molecule has 1 aliphatic heterocycles. The van der Waals surface area contributed by atoms with Gasteiger partial charge in [0.2, 0.25) is 0 Å². The van der Waals surface area contributed by atoms with Gasteiger partial charge in [0.05, 0.1) is 36.1 Å². The minimum atomic E-state index is -4.44. The predicted octanol–water partition coefficient (Wildman–Crippen LogP) is 6.76. The zero-order valence-electron chi connectivity index (χ0n) is 18.6. The maximum atomic E-state index is 13.8. The molecule has 4 aromatic rings. The zero-order chi connectivity index (χ0) is 24.0. The highest BCUT2D eigenvalue weighted by Gasteiger charge is 2.37. The lowest BCUT2D eigenvalue weighted by Gasteiger charge is -2.26. The van der Waals surface area contributed by atoms with Crippen LogP contribution in [0.2, 0.25) is 0 Å². The number of hydrogen-bond donors (Lipinski definition) is 0. The highest BCUT2D eigenvalue weighted by molar-refractivity contribution is 9.10. The van der Waals surface area contributed by atoms with Crippen LogP contribution in [-0.2, 0) is 12.7 Å². The summed E-state index contributed by atoms with van der Waals surface area (Å²) >= 11 is 3.18. The Kier molecular flexibility index (Phi) is 5.75. The van der Waals surface area contributed by atoms with Gasteiger partial charge < -0.3 is 13.9 Å². The SMILES string of the molecule is COc1cc(-c2cn3c(n2)[C@@H](c2ccc(Br)cc2C(F)(F)F)CCC3)ccc1-n1cnc(C)c1. The molecule has 0 amide bonds. The van der Waals surface area contributed by atoms with Gasteiger partial charge in [-0.25, -0.2) is 9.97 Å². The summed E-state index contributed by atoms with van der Waals surface area (Å²) in [5, 5.41) is 0. The first kappa shape index (κ1) is 22.7. The molecule has 0 fully saturated rings. The highest BCUT2D eigenvalue weighted by Crippen LogP contribution is 2.42. The Bertz CT molecular complexity index is 1360. The number of fused-ring (bicyclic) bond motifs is 1. The van der Waals surface area contributed by atoms with Gasteiger partial charge in [-0.15, -0.1) is 0 Å². The molecule has 0 saturated carbocycles. The quantitative estimate of drug-likeness (QED) is 0.292. The fourth-order valence-corrected chi connectivity index (χ4v) is 4.96. The van der Waals surface area contributed by atoms with Crippen molar-refractivity contribution in [3.8, 4) is 22.7 Å². The van der Waals surface area contributed by atoms with E-state index in [1.807, 2.05) is 46.7 Å². The third-order valence-corrected chi connectivity index (χ3v) is 6.67. The largest absolute Gasteiger partial charge is 0.495 e. The van der Waals surface area contributed by atoms with Gasteiger partial charge in [-0.05, 0) is 49.6 Å². The highest BCUT2D eigenvalue weighted by atomic mass is 79.9. The third kappa shape index (κ3) is 4.13. The zero-order valence-corrected chi connectivity index (χ0v) is 20.2. The number of methoxy groups -OCH3 is 1. The Labute approximate surface area is 203 Å². The molecule has 2 aromatic carbocycles. The minimum Gasteiger partial charge on any atom is -0.495 e. The van der Waals surface area contributed by atoms with E-state index in [0.29, 0.717) is 28.2 Å². The Hall–Kier alpha value is -3.07. The van der Waals surface area contributed by atoms with Crippen LogP contribution >= 0.6 is 15.9 Å². The third-order valence-electron chi connectivity index (χ3n) is 6.17. The van der Waals surface area contributed by atoms with Crippen LogP contribution in [0.25, 0.3) is 16.9 Å². The molecule has 1 atom stereocenters. The predicted molar refractivity (Wildman–Crippen MR) is 126 cm³/mol. The summed E-state index contributed by atoms with van der Waals surface area (Å²) in [6.07, 6.45) is 2.51. The molecule has 5 rings (SSSR count). The number of aromatic nitrogens is 4. The van der Waals surface area contributed by atoms with Crippen LogP contribution < -0.4 is 4.74 Å². The monoisotopic (exact) mass is 530 g/mol. The normalized spacial score (nSPS) is 15.9. The molecule has 0 radical (unpaired) electrons. The number of ether oxygens (including phenoxy) is 1. The van der Waals surface area contributed by atoms with E-state index in [-0.39, 0.29) is 5.56 Å². The summed E-state index contributed by atoms with van der Waals surface area (Å²) < 4.78 is 51.4. The topological polar surface area (TPSA) is 44.9 Å². The lowest BCUT2D eigenvalue weighted by Crippen LogP contribution is -2.20. The molecule has 5 nitrogen and oxygen atoms in total. The number of imidazole rings is 2. The maximum absolute atomic E-state index is 13.8. The lowest BCUT2D eigenvalue weighted by atomic mass is 9.87. The molecule has 3 heterocycles. The number of nitrogens with zero attached hydrogens (tertiary/aromatic N) is 4. The molecule has 0 aliphatic carbocycles. The second kappa shape index (κ2) is 8.61. The van der Waals surface area contributed by atoms with Gasteiger partial charge in [-0.2, -0.15) is 13.2 Å². The van der Waals surface area contributed by atoms with Crippen molar-refractivity contribution in [1.29, 1.82) is 0 Å². The average Bonchev–Trinajstić information content (AvgIpc) is 3.44. The molecule has 2 aromatic heterocycles. The lowest BCUT2D eigenvalue weighted by molar-refractivity contribution is -0.138. The Morgan fingerprint density at radius 3 is 2.65 bits per heavy atom. The van der Waals surface area contributed by atoms with Crippen LogP contribution in [0.3, 0.4) is 0 Å². The van der Waals surface area contributed by atoms with Crippen LogP contribution in [0.1, 0.15) is 41.4 Å². The van der Waals surface area contributed by atoms with Gasteiger partial charge in [0.15, 0.2) is 0 Å². The first-order chi connectivity index (χ1) is 16.2.